The molecule has 0 saturated carbocycles. The Kier molecular flexibility index (Phi) is 6.87. The molecular weight excluding hydrogens is 346 g/mol. The average molecular weight is 369 g/mol. The summed E-state index contributed by atoms with van der Waals surface area (Å²) in [6.45, 7) is 2.62. The number of carboxylic acids is 1. The highest BCUT2D eigenvalue weighted by Gasteiger charge is 2.13. The number of rotatable bonds is 9. The number of aromatic carboxylic acids is 1. The normalized spacial score (nSPS) is 10.3. The number of aromatic nitrogens is 1. The molecule has 1 heterocycles. The van der Waals surface area contributed by atoms with Crippen molar-refractivity contribution < 1.29 is 14.6 Å². The van der Waals surface area contributed by atoms with E-state index < -0.39 is 5.97 Å². The number of amidine groups is 1. The molecule has 8 heteroatoms. The molecule has 0 atom stereocenters. The van der Waals surface area contributed by atoms with Crippen molar-refractivity contribution in [1.82, 2.24) is 9.88 Å². The monoisotopic (exact) mass is 369 g/mol. The van der Waals surface area contributed by atoms with Gasteiger partial charge >= 0.3 is 5.97 Å². The summed E-state index contributed by atoms with van der Waals surface area (Å²) >= 11 is 0. The van der Waals surface area contributed by atoms with Crippen LogP contribution in [0.25, 0.3) is 0 Å². The van der Waals surface area contributed by atoms with Gasteiger partial charge in [0, 0.05) is 6.54 Å². The lowest BCUT2D eigenvalue weighted by atomic mass is 10.1. The van der Waals surface area contributed by atoms with Crippen LogP contribution < -0.4 is 10.5 Å². The van der Waals surface area contributed by atoms with E-state index in [1.54, 1.807) is 36.4 Å². The molecule has 5 N–H and O–H groups in total. The number of unbranched alkanes of at least 4 members (excludes halogenated alkanes) is 1. The molecule has 0 radical (unpaired) electrons. The molecule has 0 amide bonds. The van der Waals surface area contributed by atoms with Crippen molar-refractivity contribution in [3.63, 3.8) is 0 Å². The van der Waals surface area contributed by atoms with Crippen LogP contribution in [0.5, 0.6) is 5.75 Å². The van der Waals surface area contributed by atoms with E-state index in [2.05, 4.69) is 4.98 Å². The third-order valence-electron chi connectivity index (χ3n) is 3.87. The third kappa shape index (κ3) is 5.53. The van der Waals surface area contributed by atoms with E-state index in [4.69, 9.17) is 21.3 Å². The van der Waals surface area contributed by atoms with Crippen LogP contribution in [-0.2, 0) is 0 Å². The molecule has 142 valence electrons. The van der Waals surface area contributed by atoms with Gasteiger partial charge in [0.1, 0.15) is 22.8 Å². The third-order valence-corrected chi connectivity index (χ3v) is 3.87. The fourth-order valence-corrected chi connectivity index (χ4v) is 2.47. The van der Waals surface area contributed by atoms with Gasteiger partial charge in [-0.05, 0) is 44.0 Å². The number of anilines is 1. The maximum atomic E-state index is 11.3. The Morgan fingerprint density at radius 2 is 2.11 bits per heavy atom. The van der Waals surface area contributed by atoms with Gasteiger partial charge < -0.3 is 20.5 Å². The number of nitrogens with one attached hydrogen (secondary N) is 2. The van der Waals surface area contributed by atoms with Gasteiger partial charge in [0.25, 0.3) is 0 Å². The summed E-state index contributed by atoms with van der Waals surface area (Å²) in [5, 5.41) is 24.9. The second-order valence-electron chi connectivity index (χ2n) is 5.98. The maximum absolute atomic E-state index is 11.3. The van der Waals surface area contributed by atoms with E-state index in [1.165, 1.54) is 4.90 Å². The predicted octanol–water partition coefficient (Wildman–Crippen LogP) is 2.76. The van der Waals surface area contributed by atoms with Gasteiger partial charge in [-0.1, -0.05) is 17.7 Å². The lowest BCUT2D eigenvalue weighted by Gasteiger charge is -2.19. The summed E-state index contributed by atoms with van der Waals surface area (Å²) in [6, 6.07) is 10.1. The molecule has 2 aromatic rings. The van der Waals surface area contributed by atoms with Gasteiger partial charge in [0.15, 0.2) is 5.84 Å². The first-order valence-electron chi connectivity index (χ1n) is 8.48. The Morgan fingerprint density at radius 3 is 2.78 bits per heavy atom. The smallest absolute Gasteiger partial charge is 0.339 e. The number of carboxylic acid groups (broad SMARTS) is 1. The first kappa shape index (κ1) is 19.9. The number of carbonyl (C=O) groups is 1. The van der Waals surface area contributed by atoms with Crippen LogP contribution in [0.3, 0.4) is 0 Å². The van der Waals surface area contributed by atoms with E-state index in [0.717, 1.165) is 11.9 Å². The van der Waals surface area contributed by atoms with Crippen LogP contribution >= 0.6 is 0 Å². The number of aryl methyl sites for hydroxylation is 1. The van der Waals surface area contributed by atoms with Crippen molar-refractivity contribution in [1.29, 1.82) is 10.8 Å². The molecule has 2 rings (SSSR count). The van der Waals surface area contributed by atoms with E-state index in [0.29, 0.717) is 43.3 Å². The quantitative estimate of drug-likeness (QED) is 0.305. The Labute approximate surface area is 157 Å². The van der Waals surface area contributed by atoms with Crippen molar-refractivity contribution in [3.05, 3.63) is 53.2 Å². The van der Waals surface area contributed by atoms with Gasteiger partial charge in [0.05, 0.1) is 12.9 Å². The summed E-state index contributed by atoms with van der Waals surface area (Å²) in [4.78, 5) is 16.8. The number of nitrogen functional groups attached to an aromatic ring is 1. The molecule has 0 bridgehead atoms. The van der Waals surface area contributed by atoms with E-state index in [9.17, 15) is 9.90 Å². The maximum Gasteiger partial charge on any atom is 0.339 e. The minimum atomic E-state index is -1.02. The molecule has 1 aromatic carbocycles. The minimum Gasteiger partial charge on any atom is -0.493 e. The number of hydrogen-bond donors (Lipinski definition) is 4. The lowest BCUT2D eigenvalue weighted by molar-refractivity contribution is 0.0692. The van der Waals surface area contributed by atoms with Gasteiger partial charge in [-0.15, -0.1) is 0 Å². The molecule has 0 aliphatic carbocycles. The highest BCUT2D eigenvalue weighted by atomic mass is 16.5. The second kappa shape index (κ2) is 9.33. The lowest BCUT2D eigenvalue weighted by Crippen LogP contribution is -2.31. The second-order valence-corrected chi connectivity index (χ2v) is 5.98. The van der Waals surface area contributed by atoms with Crippen molar-refractivity contribution in [2.75, 3.05) is 18.9 Å². The number of hydrogen-bond acceptors (Lipinski definition) is 6. The fraction of sp³-hybridized carbons (Fsp3) is 0.263. The van der Waals surface area contributed by atoms with Gasteiger partial charge in [-0.3, -0.25) is 10.8 Å². The summed E-state index contributed by atoms with van der Waals surface area (Å²) in [5.41, 5.74) is 7.04. The zero-order valence-corrected chi connectivity index (χ0v) is 15.1. The Balaban J connectivity index is 1.84. The molecule has 0 fully saturated rings. The highest BCUT2D eigenvalue weighted by molar-refractivity contribution is 6.00. The van der Waals surface area contributed by atoms with Gasteiger partial charge in [0.2, 0.25) is 0 Å². The molecule has 0 saturated heterocycles. The van der Waals surface area contributed by atoms with Crippen LogP contribution in [0, 0.1) is 17.7 Å². The van der Waals surface area contributed by atoms with Crippen molar-refractivity contribution in [2.45, 2.75) is 19.8 Å². The Hall–Kier alpha value is -3.42. The van der Waals surface area contributed by atoms with Crippen LogP contribution in [0.2, 0.25) is 0 Å². The van der Waals surface area contributed by atoms with Crippen LogP contribution in [0.15, 0.2) is 36.4 Å². The number of benzene rings is 1. The Bertz CT molecular complexity index is 838. The molecular formula is C19H23N5O3. The highest BCUT2D eigenvalue weighted by Crippen LogP contribution is 2.20. The summed E-state index contributed by atoms with van der Waals surface area (Å²) in [7, 11) is 0. The summed E-state index contributed by atoms with van der Waals surface area (Å²) in [5.74, 6) is -0.256. The van der Waals surface area contributed by atoms with E-state index in [-0.39, 0.29) is 11.4 Å². The number of ether oxygens (including phenoxy) is 1. The SMILES string of the molecule is Cc1ccc(OCCCCN(C=N)C(=N)c2cccc(N)n2)c(C(=O)O)c1. The zero-order valence-electron chi connectivity index (χ0n) is 15.1. The molecule has 8 nitrogen and oxygen atoms in total. The molecule has 0 aliphatic rings. The summed E-state index contributed by atoms with van der Waals surface area (Å²) in [6.07, 6.45) is 2.39. The van der Waals surface area contributed by atoms with Crippen molar-refractivity contribution in [3.8, 4) is 5.75 Å². The van der Waals surface area contributed by atoms with Crippen molar-refractivity contribution >= 4 is 24.0 Å². The fourth-order valence-electron chi connectivity index (χ4n) is 2.47. The number of nitrogens with zero attached hydrogens (tertiary/aromatic N) is 2. The van der Waals surface area contributed by atoms with E-state index >= 15 is 0 Å². The van der Waals surface area contributed by atoms with E-state index in [1.807, 2.05) is 6.92 Å². The molecule has 0 unspecified atom stereocenters. The molecule has 0 aliphatic heterocycles. The number of nitrogens with two attached hydrogens (primary N) is 1. The van der Waals surface area contributed by atoms with Crippen LogP contribution in [0.4, 0.5) is 5.82 Å². The largest absolute Gasteiger partial charge is 0.493 e. The Morgan fingerprint density at radius 1 is 1.33 bits per heavy atom. The first-order valence-corrected chi connectivity index (χ1v) is 8.48. The summed E-state index contributed by atoms with van der Waals surface area (Å²) < 4.78 is 5.59. The van der Waals surface area contributed by atoms with Gasteiger partial charge in [-0.2, -0.15) is 0 Å². The average Bonchev–Trinajstić information content (AvgIpc) is 2.65. The number of pyridine rings is 1. The predicted molar refractivity (Wildman–Crippen MR) is 104 cm³/mol. The van der Waals surface area contributed by atoms with Crippen molar-refractivity contribution in [2.24, 2.45) is 0 Å². The first-order chi connectivity index (χ1) is 12.9. The molecule has 0 spiro atoms. The zero-order chi connectivity index (χ0) is 19.8. The van der Waals surface area contributed by atoms with Gasteiger partial charge in [-0.25, -0.2) is 9.78 Å². The molecule has 1 aromatic heterocycles. The minimum absolute atomic E-state index is 0.102. The standard InChI is InChI=1S/C19H23N5O3/c1-13-7-8-16(14(11-13)19(25)26)27-10-3-2-9-24(12-20)18(22)15-5-4-6-17(21)23-15/h4-8,11-12,20,22H,2-3,9-10H2,1H3,(H2,21,23)(H,25,26). The van der Waals surface area contributed by atoms with Crippen LogP contribution in [-0.4, -0.2) is 46.3 Å². The molecule has 27 heavy (non-hydrogen) atoms. The topological polar surface area (TPSA) is 136 Å². The van der Waals surface area contributed by atoms with Crippen LogP contribution in [0.1, 0.15) is 34.5 Å².